The van der Waals surface area contributed by atoms with Crippen LogP contribution >= 0.6 is 22.9 Å². The molecule has 1 N–H and O–H groups in total. The molecule has 9 heteroatoms. The summed E-state index contributed by atoms with van der Waals surface area (Å²) in [6.45, 7) is 3.89. The van der Waals surface area contributed by atoms with Gasteiger partial charge < -0.3 is 9.64 Å². The fraction of sp³-hybridized carbons (Fsp3) is 0.320. The summed E-state index contributed by atoms with van der Waals surface area (Å²) < 4.78 is 6.60. The fourth-order valence-corrected chi connectivity index (χ4v) is 5.61. The summed E-state index contributed by atoms with van der Waals surface area (Å²) in [5, 5.41) is 3.30. The molecule has 3 heterocycles. The predicted molar refractivity (Wildman–Crippen MR) is 134 cm³/mol. The first kappa shape index (κ1) is 22.7. The molecule has 1 saturated heterocycles. The highest BCUT2D eigenvalue weighted by atomic mass is 35.5. The highest BCUT2D eigenvalue weighted by Gasteiger charge is 2.49. The summed E-state index contributed by atoms with van der Waals surface area (Å²) in [5.41, 5.74) is 2.78. The summed E-state index contributed by atoms with van der Waals surface area (Å²) in [4.78, 5) is 33.0. The lowest BCUT2D eigenvalue weighted by molar-refractivity contribution is -0.127. The molecule has 3 aromatic rings. The second-order valence-electron chi connectivity index (χ2n) is 8.72. The molecule has 1 fully saturated rings. The number of benzene rings is 2. The second-order valence-corrected chi connectivity index (χ2v) is 10.4. The van der Waals surface area contributed by atoms with E-state index in [1.807, 2.05) is 41.3 Å². The van der Waals surface area contributed by atoms with Crippen molar-refractivity contribution in [1.82, 2.24) is 9.88 Å². The SMILES string of the molecule is CC(=O)N1CCC2(C1)CN(C(=O)Nc1ncc(Cl)s1)c1ccc(OCCc3ccccc3)cc12. The number of thiazole rings is 1. The molecule has 1 spiro atoms. The lowest BCUT2D eigenvalue weighted by Crippen LogP contribution is -2.41. The monoisotopic (exact) mass is 496 g/mol. The Morgan fingerprint density at radius 1 is 1.21 bits per heavy atom. The molecule has 1 aromatic heterocycles. The number of anilines is 2. The average Bonchev–Trinajstić information content (AvgIpc) is 3.53. The largest absolute Gasteiger partial charge is 0.493 e. The number of nitrogens with one attached hydrogen (secondary N) is 1. The van der Waals surface area contributed by atoms with E-state index in [1.165, 1.54) is 23.1 Å². The summed E-state index contributed by atoms with van der Waals surface area (Å²) in [7, 11) is 0. The maximum absolute atomic E-state index is 13.2. The van der Waals surface area contributed by atoms with Crippen LogP contribution in [0.15, 0.2) is 54.7 Å². The first-order valence-corrected chi connectivity index (χ1v) is 12.4. The van der Waals surface area contributed by atoms with Crippen LogP contribution in [0.1, 0.15) is 24.5 Å². The van der Waals surface area contributed by atoms with E-state index in [0.29, 0.717) is 35.7 Å². The minimum absolute atomic E-state index is 0.0500. The molecule has 176 valence electrons. The molecule has 1 atom stereocenters. The molecule has 0 aliphatic carbocycles. The van der Waals surface area contributed by atoms with Gasteiger partial charge in [-0.3, -0.25) is 15.0 Å². The van der Waals surface area contributed by atoms with Crippen LogP contribution in [0.2, 0.25) is 4.34 Å². The van der Waals surface area contributed by atoms with Crippen molar-refractivity contribution in [3.63, 3.8) is 0 Å². The van der Waals surface area contributed by atoms with E-state index in [4.69, 9.17) is 16.3 Å². The summed E-state index contributed by atoms with van der Waals surface area (Å²) in [6.07, 6.45) is 3.12. The highest BCUT2D eigenvalue weighted by Crippen LogP contribution is 2.48. The molecule has 0 bridgehead atoms. The number of aromatic nitrogens is 1. The van der Waals surface area contributed by atoms with Gasteiger partial charge in [-0.2, -0.15) is 0 Å². The van der Waals surface area contributed by atoms with E-state index in [-0.39, 0.29) is 17.4 Å². The number of carbonyl (C=O) groups is 2. The Kier molecular flexibility index (Phi) is 6.18. The standard InChI is InChI=1S/C25H25ClN4O3S/c1-17(31)29-11-10-25(15-29)16-30(24(32)28-23-27-14-22(26)34-23)21-8-7-19(13-20(21)25)33-12-9-18-5-3-2-4-6-18/h2-8,13-14H,9-12,15-16H2,1H3,(H,27,28,32). The van der Waals surface area contributed by atoms with Crippen LogP contribution in [0.5, 0.6) is 5.75 Å². The van der Waals surface area contributed by atoms with Gasteiger partial charge in [-0.15, -0.1) is 0 Å². The van der Waals surface area contributed by atoms with Crippen LogP contribution in [0.4, 0.5) is 15.6 Å². The Labute approximate surface area is 207 Å². The smallest absolute Gasteiger partial charge is 0.328 e. The average molecular weight is 497 g/mol. The lowest BCUT2D eigenvalue weighted by Gasteiger charge is -2.25. The zero-order chi connectivity index (χ0) is 23.7. The van der Waals surface area contributed by atoms with Crippen molar-refractivity contribution in [2.24, 2.45) is 0 Å². The third-order valence-corrected chi connectivity index (χ3v) is 7.56. The Balaban J connectivity index is 1.38. The molecule has 7 nitrogen and oxygen atoms in total. The number of hydrogen-bond donors (Lipinski definition) is 1. The predicted octanol–water partition coefficient (Wildman–Crippen LogP) is 4.96. The van der Waals surface area contributed by atoms with E-state index in [1.54, 1.807) is 11.8 Å². The lowest BCUT2D eigenvalue weighted by atomic mass is 9.81. The van der Waals surface area contributed by atoms with Crippen molar-refractivity contribution in [2.75, 3.05) is 36.5 Å². The van der Waals surface area contributed by atoms with Gasteiger partial charge in [-0.25, -0.2) is 9.78 Å². The number of carbonyl (C=O) groups excluding carboxylic acids is 2. The van der Waals surface area contributed by atoms with Crippen LogP contribution in [0, 0.1) is 0 Å². The quantitative estimate of drug-likeness (QED) is 0.541. The maximum atomic E-state index is 13.2. The van der Waals surface area contributed by atoms with E-state index >= 15 is 0 Å². The van der Waals surface area contributed by atoms with Crippen molar-refractivity contribution in [1.29, 1.82) is 0 Å². The molecular formula is C25H25ClN4O3S. The molecular weight excluding hydrogens is 472 g/mol. The molecule has 0 radical (unpaired) electrons. The third-order valence-electron chi connectivity index (χ3n) is 6.53. The molecule has 2 aliphatic rings. The number of urea groups is 1. The molecule has 5 rings (SSSR count). The third kappa shape index (κ3) is 4.48. The van der Waals surface area contributed by atoms with Gasteiger partial charge in [0.1, 0.15) is 10.1 Å². The van der Waals surface area contributed by atoms with Gasteiger partial charge in [0.2, 0.25) is 5.91 Å². The zero-order valence-electron chi connectivity index (χ0n) is 18.8. The van der Waals surface area contributed by atoms with Gasteiger partial charge in [-0.05, 0) is 35.7 Å². The summed E-state index contributed by atoms with van der Waals surface area (Å²) in [5.74, 6) is 0.818. The molecule has 0 saturated carbocycles. The van der Waals surface area contributed by atoms with Crippen LogP contribution < -0.4 is 15.0 Å². The molecule has 3 amide bonds. The van der Waals surface area contributed by atoms with E-state index in [0.717, 1.165) is 29.8 Å². The number of nitrogens with zero attached hydrogens (tertiary/aromatic N) is 3. The van der Waals surface area contributed by atoms with Crippen molar-refractivity contribution >= 4 is 45.7 Å². The molecule has 1 unspecified atom stereocenters. The number of hydrogen-bond acceptors (Lipinski definition) is 5. The van der Waals surface area contributed by atoms with E-state index < -0.39 is 0 Å². The van der Waals surface area contributed by atoms with E-state index in [2.05, 4.69) is 22.4 Å². The Bertz CT molecular complexity index is 1220. The van der Waals surface area contributed by atoms with Gasteiger partial charge in [0.25, 0.3) is 0 Å². The van der Waals surface area contributed by atoms with Crippen LogP contribution in [-0.4, -0.2) is 48.1 Å². The number of amides is 3. The van der Waals surface area contributed by atoms with Crippen LogP contribution in [0.3, 0.4) is 0 Å². The van der Waals surface area contributed by atoms with Gasteiger partial charge in [0.15, 0.2) is 5.13 Å². The molecule has 2 aliphatic heterocycles. The van der Waals surface area contributed by atoms with Gasteiger partial charge in [0.05, 0.1) is 12.8 Å². The van der Waals surface area contributed by atoms with Crippen LogP contribution in [0.25, 0.3) is 0 Å². The minimum Gasteiger partial charge on any atom is -0.493 e. The number of rotatable bonds is 5. The van der Waals surface area contributed by atoms with Gasteiger partial charge in [0, 0.05) is 44.1 Å². The number of halogens is 1. The second kappa shape index (κ2) is 9.27. The summed E-state index contributed by atoms with van der Waals surface area (Å²) in [6, 6.07) is 15.8. The number of likely N-dealkylation sites (tertiary alicyclic amines) is 1. The first-order chi connectivity index (χ1) is 16.4. The Hall–Kier alpha value is -3.10. The Morgan fingerprint density at radius 3 is 2.74 bits per heavy atom. The number of fused-ring (bicyclic) bond motifs is 2. The van der Waals surface area contributed by atoms with Gasteiger partial charge in [-0.1, -0.05) is 53.3 Å². The van der Waals surface area contributed by atoms with Crippen molar-refractivity contribution in [3.8, 4) is 5.75 Å². The minimum atomic E-state index is -0.322. The summed E-state index contributed by atoms with van der Waals surface area (Å²) >= 11 is 7.18. The van der Waals surface area contributed by atoms with Crippen molar-refractivity contribution < 1.29 is 14.3 Å². The first-order valence-electron chi connectivity index (χ1n) is 11.2. The Morgan fingerprint density at radius 2 is 2.03 bits per heavy atom. The van der Waals surface area contributed by atoms with Crippen molar-refractivity contribution in [3.05, 3.63) is 70.2 Å². The van der Waals surface area contributed by atoms with E-state index in [9.17, 15) is 9.59 Å². The van der Waals surface area contributed by atoms with Crippen molar-refractivity contribution in [2.45, 2.75) is 25.2 Å². The normalized spacial score (nSPS) is 18.9. The number of ether oxygens (including phenoxy) is 1. The fourth-order valence-electron chi connectivity index (χ4n) is 4.81. The molecule has 2 aromatic carbocycles. The molecule has 34 heavy (non-hydrogen) atoms. The highest BCUT2D eigenvalue weighted by molar-refractivity contribution is 7.19. The topological polar surface area (TPSA) is 74.8 Å². The van der Waals surface area contributed by atoms with Gasteiger partial charge >= 0.3 is 6.03 Å². The van der Waals surface area contributed by atoms with Crippen LogP contribution in [-0.2, 0) is 16.6 Å². The maximum Gasteiger partial charge on any atom is 0.328 e. The zero-order valence-corrected chi connectivity index (χ0v) is 20.4.